The summed E-state index contributed by atoms with van der Waals surface area (Å²) in [5, 5.41) is 4.44. The molecule has 3 heterocycles. The molecule has 0 saturated carbocycles. The smallest absolute Gasteiger partial charge is 0.344 e. The van der Waals surface area contributed by atoms with Crippen LogP contribution in [0, 0.1) is 0 Å². The van der Waals surface area contributed by atoms with Gasteiger partial charge < -0.3 is 24.1 Å². The molecule has 0 spiro atoms. The number of fused-ring (bicyclic) bond motifs is 2. The Hall–Kier alpha value is -2.99. The number of benzene rings is 2. The molecule has 29 heavy (non-hydrogen) atoms. The Bertz CT molecular complexity index is 1110. The third kappa shape index (κ3) is 3.44. The van der Waals surface area contributed by atoms with Crippen molar-refractivity contribution < 1.29 is 13.9 Å². The largest absolute Gasteiger partial charge is 0.486 e. The lowest BCUT2D eigenvalue weighted by atomic mass is 10.0. The second kappa shape index (κ2) is 7.12. The summed E-state index contributed by atoms with van der Waals surface area (Å²) in [5.41, 5.74) is 2.61. The van der Waals surface area contributed by atoms with Crippen LogP contribution in [-0.2, 0) is 0 Å². The van der Waals surface area contributed by atoms with E-state index in [-0.39, 0.29) is 5.63 Å². The van der Waals surface area contributed by atoms with Crippen molar-refractivity contribution in [3.8, 4) is 22.6 Å². The molecule has 0 aliphatic carbocycles. The fourth-order valence-corrected chi connectivity index (χ4v) is 4.25. The van der Waals surface area contributed by atoms with Gasteiger partial charge in [0.1, 0.15) is 18.8 Å². The first-order chi connectivity index (χ1) is 14.1. The highest BCUT2D eigenvalue weighted by Gasteiger charge is 2.22. The van der Waals surface area contributed by atoms with Crippen molar-refractivity contribution in [2.75, 3.05) is 31.2 Å². The number of ether oxygens (including phenoxy) is 2. The van der Waals surface area contributed by atoms with E-state index >= 15 is 0 Å². The van der Waals surface area contributed by atoms with Gasteiger partial charge in [-0.25, -0.2) is 4.79 Å². The number of nitrogens with zero attached hydrogens (tertiary/aromatic N) is 1. The predicted octanol–water partition coefficient (Wildman–Crippen LogP) is 3.42. The van der Waals surface area contributed by atoms with Crippen molar-refractivity contribution in [2.45, 2.75) is 25.9 Å². The molecule has 6 nitrogen and oxygen atoms in total. The van der Waals surface area contributed by atoms with E-state index in [4.69, 9.17) is 13.9 Å². The number of hydrogen-bond acceptors (Lipinski definition) is 6. The molecule has 2 aliphatic heterocycles. The van der Waals surface area contributed by atoms with Gasteiger partial charge in [-0.15, -0.1) is 0 Å². The normalized spacial score (nSPS) is 21.4. The van der Waals surface area contributed by atoms with E-state index in [1.165, 1.54) is 0 Å². The van der Waals surface area contributed by atoms with Gasteiger partial charge >= 0.3 is 5.63 Å². The fourth-order valence-electron chi connectivity index (χ4n) is 4.25. The molecular formula is C23H24N2O4. The lowest BCUT2D eigenvalue weighted by Gasteiger charge is -2.37. The Morgan fingerprint density at radius 2 is 1.69 bits per heavy atom. The van der Waals surface area contributed by atoms with Gasteiger partial charge in [0.2, 0.25) is 0 Å². The number of piperazine rings is 1. The van der Waals surface area contributed by atoms with E-state index < -0.39 is 0 Å². The van der Waals surface area contributed by atoms with Crippen LogP contribution in [0.25, 0.3) is 22.1 Å². The zero-order valence-corrected chi connectivity index (χ0v) is 16.6. The van der Waals surface area contributed by atoms with E-state index in [9.17, 15) is 4.79 Å². The quantitative estimate of drug-likeness (QED) is 0.675. The number of nitrogens with one attached hydrogen (secondary N) is 1. The van der Waals surface area contributed by atoms with Crippen LogP contribution in [0.1, 0.15) is 13.8 Å². The number of anilines is 1. The van der Waals surface area contributed by atoms with E-state index in [1.807, 2.05) is 36.4 Å². The molecule has 1 N–H and O–H groups in total. The Labute approximate surface area is 169 Å². The standard InChI is InChI=1S/C23H24N2O4/c1-14-12-25(13-15(2)24-14)18-5-3-17-9-19(23(26)29-21(17)11-18)16-4-6-20-22(10-16)28-8-7-27-20/h3-6,9-11,14-15,24H,7-8,12-13H2,1-2H3/t14-,15+. The summed E-state index contributed by atoms with van der Waals surface area (Å²) in [7, 11) is 0. The Kier molecular flexibility index (Phi) is 4.43. The number of rotatable bonds is 2. The zero-order valence-electron chi connectivity index (χ0n) is 16.6. The molecule has 5 rings (SSSR count). The molecule has 0 amide bonds. The van der Waals surface area contributed by atoms with Crippen molar-refractivity contribution in [3.05, 3.63) is 52.9 Å². The lowest BCUT2D eigenvalue weighted by molar-refractivity contribution is 0.171. The molecule has 0 unspecified atom stereocenters. The molecule has 1 fully saturated rings. The summed E-state index contributed by atoms with van der Waals surface area (Å²) < 4.78 is 16.9. The van der Waals surface area contributed by atoms with Gasteiger partial charge in [-0.2, -0.15) is 0 Å². The molecule has 150 valence electrons. The summed E-state index contributed by atoms with van der Waals surface area (Å²) >= 11 is 0. The maximum atomic E-state index is 12.7. The summed E-state index contributed by atoms with van der Waals surface area (Å²) in [6.45, 7) is 7.27. The van der Waals surface area contributed by atoms with E-state index in [0.29, 0.717) is 47.9 Å². The second-order valence-corrected chi connectivity index (χ2v) is 7.90. The first-order valence-corrected chi connectivity index (χ1v) is 10.1. The van der Waals surface area contributed by atoms with Crippen molar-refractivity contribution in [1.82, 2.24) is 5.32 Å². The fraction of sp³-hybridized carbons (Fsp3) is 0.348. The van der Waals surface area contributed by atoms with Crippen LogP contribution in [0.5, 0.6) is 11.5 Å². The molecule has 0 radical (unpaired) electrons. The van der Waals surface area contributed by atoms with Crippen LogP contribution >= 0.6 is 0 Å². The Morgan fingerprint density at radius 1 is 0.931 bits per heavy atom. The van der Waals surface area contributed by atoms with Crippen molar-refractivity contribution >= 4 is 16.7 Å². The molecule has 6 heteroatoms. The SMILES string of the molecule is C[C@@H]1CN(c2ccc3cc(-c4ccc5c(c4)OCCO5)c(=O)oc3c2)C[C@H](C)N1. The molecule has 1 saturated heterocycles. The van der Waals surface area contributed by atoms with Gasteiger partial charge in [0.25, 0.3) is 0 Å². The third-order valence-corrected chi connectivity index (χ3v) is 5.50. The molecule has 2 aliphatic rings. The molecule has 2 aromatic carbocycles. The van der Waals surface area contributed by atoms with Crippen LogP contribution in [0.4, 0.5) is 5.69 Å². The van der Waals surface area contributed by atoms with Crippen LogP contribution in [0.2, 0.25) is 0 Å². The Morgan fingerprint density at radius 3 is 2.48 bits per heavy atom. The van der Waals surface area contributed by atoms with Gasteiger partial charge in [0, 0.05) is 42.3 Å². The highest BCUT2D eigenvalue weighted by Crippen LogP contribution is 2.34. The van der Waals surface area contributed by atoms with E-state index in [2.05, 4.69) is 30.1 Å². The summed E-state index contributed by atoms with van der Waals surface area (Å²) in [5.74, 6) is 1.36. The minimum atomic E-state index is -0.353. The van der Waals surface area contributed by atoms with Gasteiger partial charge in [-0.05, 0) is 49.7 Å². The molecule has 0 bridgehead atoms. The Balaban J connectivity index is 1.51. The highest BCUT2D eigenvalue weighted by atomic mass is 16.6. The van der Waals surface area contributed by atoms with Crippen molar-refractivity contribution in [3.63, 3.8) is 0 Å². The lowest BCUT2D eigenvalue weighted by Crippen LogP contribution is -2.54. The van der Waals surface area contributed by atoms with Crippen LogP contribution < -0.4 is 25.3 Å². The molecular weight excluding hydrogens is 368 g/mol. The van der Waals surface area contributed by atoms with E-state index in [0.717, 1.165) is 29.7 Å². The van der Waals surface area contributed by atoms with Crippen LogP contribution in [0.15, 0.2) is 51.7 Å². The average molecular weight is 392 g/mol. The zero-order chi connectivity index (χ0) is 20.0. The summed E-state index contributed by atoms with van der Waals surface area (Å²) in [4.78, 5) is 15.1. The van der Waals surface area contributed by atoms with E-state index in [1.54, 1.807) is 0 Å². The van der Waals surface area contributed by atoms with Crippen molar-refractivity contribution in [2.24, 2.45) is 0 Å². The van der Waals surface area contributed by atoms with Crippen LogP contribution in [0.3, 0.4) is 0 Å². The first kappa shape index (κ1) is 18.1. The van der Waals surface area contributed by atoms with Gasteiger partial charge in [-0.1, -0.05) is 6.07 Å². The molecule has 2 atom stereocenters. The first-order valence-electron chi connectivity index (χ1n) is 10.1. The van der Waals surface area contributed by atoms with Crippen molar-refractivity contribution in [1.29, 1.82) is 0 Å². The summed E-state index contributed by atoms with van der Waals surface area (Å²) in [6.07, 6.45) is 0. The maximum absolute atomic E-state index is 12.7. The highest BCUT2D eigenvalue weighted by molar-refractivity contribution is 5.85. The topological polar surface area (TPSA) is 63.9 Å². The minimum absolute atomic E-state index is 0.353. The average Bonchev–Trinajstić information content (AvgIpc) is 2.72. The van der Waals surface area contributed by atoms with Crippen LogP contribution in [-0.4, -0.2) is 38.4 Å². The van der Waals surface area contributed by atoms with Gasteiger partial charge in [0.15, 0.2) is 11.5 Å². The number of hydrogen-bond donors (Lipinski definition) is 1. The maximum Gasteiger partial charge on any atom is 0.344 e. The molecule has 1 aromatic heterocycles. The minimum Gasteiger partial charge on any atom is -0.486 e. The monoisotopic (exact) mass is 392 g/mol. The van der Waals surface area contributed by atoms with Gasteiger partial charge in [0.05, 0.1) is 5.56 Å². The molecule has 3 aromatic rings. The summed E-state index contributed by atoms with van der Waals surface area (Å²) in [6, 6.07) is 14.3. The predicted molar refractivity (Wildman–Crippen MR) is 113 cm³/mol. The second-order valence-electron chi connectivity index (χ2n) is 7.90. The third-order valence-electron chi connectivity index (χ3n) is 5.50. The van der Waals surface area contributed by atoms with Gasteiger partial charge in [-0.3, -0.25) is 0 Å².